The van der Waals surface area contributed by atoms with Crippen LogP contribution in [0.3, 0.4) is 0 Å². The van der Waals surface area contributed by atoms with Crippen LogP contribution in [-0.2, 0) is 14.4 Å². The van der Waals surface area contributed by atoms with Crippen LogP contribution in [0.2, 0.25) is 0 Å². The van der Waals surface area contributed by atoms with Crippen molar-refractivity contribution in [2.24, 2.45) is 5.92 Å². The molecule has 0 unspecified atom stereocenters. The van der Waals surface area contributed by atoms with E-state index in [0.717, 1.165) is 0 Å². The van der Waals surface area contributed by atoms with Crippen LogP contribution in [0.15, 0.2) is 41.4 Å². The van der Waals surface area contributed by atoms with Crippen LogP contribution in [0.1, 0.15) is 20.8 Å². The van der Waals surface area contributed by atoms with E-state index >= 15 is 0 Å². The number of hydrogen-bond donors (Lipinski definition) is 3. The summed E-state index contributed by atoms with van der Waals surface area (Å²) in [6, 6.07) is 10.2. The SMILES string of the molecule is CC(=O)Nc1ccc(NC(=O)CSc2ccc(NC(=O)C(C)C)nn2)cc1. The number of thioether (sulfide) groups is 1. The molecule has 2 rings (SSSR count). The molecule has 0 bridgehead atoms. The molecular formula is C18H21N5O3S. The summed E-state index contributed by atoms with van der Waals surface area (Å²) in [6.07, 6.45) is 0. The van der Waals surface area contributed by atoms with E-state index in [1.807, 2.05) is 0 Å². The number of hydrogen-bond acceptors (Lipinski definition) is 6. The van der Waals surface area contributed by atoms with Gasteiger partial charge in [-0.1, -0.05) is 25.6 Å². The fourth-order valence-corrected chi connectivity index (χ4v) is 2.52. The highest BCUT2D eigenvalue weighted by atomic mass is 32.2. The molecule has 142 valence electrons. The molecule has 27 heavy (non-hydrogen) atoms. The Morgan fingerprint density at radius 1 is 0.926 bits per heavy atom. The number of rotatable bonds is 7. The van der Waals surface area contributed by atoms with Crippen LogP contribution in [0.5, 0.6) is 0 Å². The number of carbonyl (C=O) groups is 3. The average molecular weight is 387 g/mol. The summed E-state index contributed by atoms with van der Waals surface area (Å²) in [5.41, 5.74) is 1.29. The number of carbonyl (C=O) groups excluding carboxylic acids is 3. The van der Waals surface area contributed by atoms with Crippen molar-refractivity contribution in [3.05, 3.63) is 36.4 Å². The quantitative estimate of drug-likeness (QED) is 0.630. The summed E-state index contributed by atoms with van der Waals surface area (Å²) in [5, 5.41) is 16.6. The first-order chi connectivity index (χ1) is 12.8. The molecule has 0 aliphatic carbocycles. The summed E-state index contributed by atoms with van der Waals surface area (Å²) in [4.78, 5) is 34.6. The molecule has 0 spiro atoms. The molecule has 1 heterocycles. The Labute approximate surface area is 161 Å². The second kappa shape index (κ2) is 9.67. The summed E-state index contributed by atoms with van der Waals surface area (Å²) in [7, 11) is 0. The Kier molecular flexibility index (Phi) is 7.30. The van der Waals surface area contributed by atoms with Crippen LogP contribution >= 0.6 is 11.8 Å². The lowest BCUT2D eigenvalue weighted by Crippen LogP contribution is -2.18. The van der Waals surface area contributed by atoms with Gasteiger partial charge in [0, 0.05) is 24.2 Å². The minimum Gasteiger partial charge on any atom is -0.326 e. The minimum absolute atomic E-state index is 0.131. The van der Waals surface area contributed by atoms with Gasteiger partial charge >= 0.3 is 0 Å². The summed E-state index contributed by atoms with van der Waals surface area (Å²) >= 11 is 1.24. The van der Waals surface area contributed by atoms with Crippen molar-refractivity contribution in [3.63, 3.8) is 0 Å². The zero-order chi connectivity index (χ0) is 19.8. The number of amides is 3. The molecule has 0 fully saturated rings. The molecule has 9 heteroatoms. The number of nitrogens with zero attached hydrogens (tertiary/aromatic N) is 2. The average Bonchev–Trinajstić information content (AvgIpc) is 2.62. The van der Waals surface area contributed by atoms with E-state index in [9.17, 15) is 14.4 Å². The van der Waals surface area contributed by atoms with Crippen LogP contribution in [0.25, 0.3) is 0 Å². The number of benzene rings is 1. The van der Waals surface area contributed by atoms with E-state index in [4.69, 9.17) is 0 Å². The van der Waals surface area contributed by atoms with Gasteiger partial charge in [-0.15, -0.1) is 10.2 Å². The van der Waals surface area contributed by atoms with E-state index in [0.29, 0.717) is 22.2 Å². The summed E-state index contributed by atoms with van der Waals surface area (Å²) in [5.74, 6) is -0.0719. The normalized spacial score (nSPS) is 10.4. The van der Waals surface area contributed by atoms with Crippen LogP contribution in [0.4, 0.5) is 17.2 Å². The third-order valence-corrected chi connectivity index (χ3v) is 4.18. The highest BCUT2D eigenvalue weighted by Crippen LogP contribution is 2.17. The van der Waals surface area contributed by atoms with Crippen molar-refractivity contribution in [2.45, 2.75) is 25.8 Å². The van der Waals surface area contributed by atoms with E-state index in [1.54, 1.807) is 50.2 Å². The van der Waals surface area contributed by atoms with Gasteiger partial charge in [-0.25, -0.2) is 0 Å². The van der Waals surface area contributed by atoms with Crippen molar-refractivity contribution in [1.82, 2.24) is 10.2 Å². The minimum atomic E-state index is -0.189. The topological polar surface area (TPSA) is 113 Å². The molecular weight excluding hydrogens is 366 g/mol. The maximum atomic E-state index is 12.0. The van der Waals surface area contributed by atoms with E-state index < -0.39 is 0 Å². The molecule has 0 aliphatic rings. The molecule has 3 amide bonds. The standard InChI is InChI=1S/C18H21N5O3S/c1-11(2)18(26)21-15-8-9-17(23-22-15)27-10-16(25)20-14-6-4-13(5-7-14)19-12(3)24/h4-9,11H,10H2,1-3H3,(H,19,24)(H,20,25)(H,21,22,26). The molecule has 8 nitrogen and oxygen atoms in total. The first-order valence-corrected chi connectivity index (χ1v) is 9.27. The maximum absolute atomic E-state index is 12.0. The van der Waals surface area contributed by atoms with Crippen LogP contribution in [-0.4, -0.2) is 33.7 Å². The Morgan fingerprint density at radius 3 is 2.07 bits per heavy atom. The Bertz CT molecular complexity index is 807. The predicted molar refractivity (Wildman–Crippen MR) is 106 cm³/mol. The Balaban J connectivity index is 1.81. The van der Waals surface area contributed by atoms with Crippen LogP contribution in [0, 0.1) is 5.92 Å². The van der Waals surface area contributed by atoms with Gasteiger partial charge < -0.3 is 16.0 Å². The highest BCUT2D eigenvalue weighted by Gasteiger charge is 2.09. The molecule has 0 saturated heterocycles. The van der Waals surface area contributed by atoms with Gasteiger partial charge in [-0.05, 0) is 36.4 Å². The Hall–Kier alpha value is -2.94. The van der Waals surface area contributed by atoms with Crippen molar-refractivity contribution < 1.29 is 14.4 Å². The zero-order valence-corrected chi connectivity index (χ0v) is 16.1. The highest BCUT2D eigenvalue weighted by molar-refractivity contribution is 7.99. The predicted octanol–water partition coefficient (Wildman–Crippen LogP) is 2.76. The van der Waals surface area contributed by atoms with Crippen molar-refractivity contribution in [3.8, 4) is 0 Å². The number of aromatic nitrogens is 2. The fraction of sp³-hybridized carbons (Fsp3) is 0.278. The molecule has 1 aromatic heterocycles. The molecule has 3 N–H and O–H groups in total. The maximum Gasteiger partial charge on any atom is 0.234 e. The smallest absolute Gasteiger partial charge is 0.234 e. The number of nitrogens with one attached hydrogen (secondary N) is 3. The monoisotopic (exact) mass is 387 g/mol. The lowest BCUT2D eigenvalue weighted by atomic mass is 10.2. The lowest BCUT2D eigenvalue weighted by molar-refractivity contribution is -0.119. The molecule has 1 aromatic carbocycles. The zero-order valence-electron chi connectivity index (χ0n) is 15.3. The van der Waals surface area contributed by atoms with Gasteiger partial charge in [-0.3, -0.25) is 14.4 Å². The van der Waals surface area contributed by atoms with E-state index in [-0.39, 0.29) is 29.4 Å². The fourth-order valence-electron chi connectivity index (χ4n) is 1.91. The second-order valence-electron chi connectivity index (χ2n) is 6.00. The first kappa shape index (κ1) is 20.4. The van der Waals surface area contributed by atoms with Gasteiger partial charge in [0.15, 0.2) is 5.82 Å². The van der Waals surface area contributed by atoms with Gasteiger partial charge in [0.1, 0.15) is 5.03 Å². The molecule has 0 aliphatic heterocycles. The van der Waals surface area contributed by atoms with Gasteiger partial charge in [0.05, 0.1) is 5.75 Å². The molecule has 0 radical (unpaired) electrons. The van der Waals surface area contributed by atoms with E-state index in [1.165, 1.54) is 18.7 Å². The first-order valence-electron chi connectivity index (χ1n) is 8.28. The summed E-state index contributed by atoms with van der Waals surface area (Å²) in [6.45, 7) is 5.01. The van der Waals surface area contributed by atoms with Gasteiger partial charge in [-0.2, -0.15) is 0 Å². The van der Waals surface area contributed by atoms with Gasteiger partial charge in [0.25, 0.3) is 0 Å². The van der Waals surface area contributed by atoms with Crippen LogP contribution < -0.4 is 16.0 Å². The van der Waals surface area contributed by atoms with Gasteiger partial charge in [0.2, 0.25) is 17.7 Å². The van der Waals surface area contributed by atoms with Crippen molar-refractivity contribution >= 4 is 46.7 Å². The summed E-state index contributed by atoms with van der Waals surface area (Å²) < 4.78 is 0. The van der Waals surface area contributed by atoms with E-state index in [2.05, 4.69) is 26.1 Å². The molecule has 0 atom stereocenters. The second-order valence-corrected chi connectivity index (χ2v) is 6.99. The third-order valence-electron chi connectivity index (χ3n) is 3.26. The molecule has 2 aromatic rings. The molecule has 0 saturated carbocycles. The van der Waals surface area contributed by atoms with Crippen molar-refractivity contribution in [2.75, 3.05) is 21.7 Å². The number of anilines is 3. The lowest BCUT2D eigenvalue weighted by Gasteiger charge is -2.07. The third kappa shape index (κ3) is 7.06. The largest absolute Gasteiger partial charge is 0.326 e. The Morgan fingerprint density at radius 2 is 1.56 bits per heavy atom. The van der Waals surface area contributed by atoms with Crippen molar-refractivity contribution in [1.29, 1.82) is 0 Å².